The SMILES string of the molecule is COc1nc2ccc(C(O)(c3cnc(C)n3C)c3cnc(C)n3C)cc2c(Cl)c1OCC1COC1COc1nc2ccc(C(O)(c3cnc(C)n3C)c3cnc(C)n3C)cc2c(Cl)c1OCC(C)(C)O. The second-order valence-corrected chi connectivity index (χ2v) is 19.3. The van der Waals surface area contributed by atoms with Crippen molar-refractivity contribution in [2.24, 2.45) is 34.1 Å². The molecule has 1 saturated heterocycles. The van der Waals surface area contributed by atoms with E-state index in [1.807, 2.05) is 74.2 Å². The number of hydrogen-bond donors (Lipinski definition) is 3. The fraction of sp³-hybridized carbons (Fsp3) is 0.400. The number of benzene rings is 2. The van der Waals surface area contributed by atoms with Gasteiger partial charge in [0.05, 0.1) is 101 Å². The van der Waals surface area contributed by atoms with Crippen LogP contribution in [-0.2, 0) is 44.1 Å². The molecule has 0 aliphatic carbocycles. The Balaban J connectivity index is 0.995. The van der Waals surface area contributed by atoms with E-state index in [1.54, 1.807) is 75.0 Å². The van der Waals surface area contributed by atoms with Crippen molar-refractivity contribution in [3.8, 4) is 23.3 Å². The first-order chi connectivity index (χ1) is 33.2. The lowest BCUT2D eigenvalue weighted by atomic mass is 9.86. The number of nitrogens with zero attached hydrogens (tertiary/aromatic N) is 10. The highest BCUT2D eigenvalue weighted by Crippen LogP contribution is 2.46. The third-order valence-corrected chi connectivity index (χ3v) is 14.3. The maximum Gasteiger partial charge on any atom is 0.259 e. The van der Waals surface area contributed by atoms with Crippen LogP contribution in [-0.4, -0.2) is 109 Å². The molecule has 8 aromatic rings. The maximum atomic E-state index is 12.8. The number of ether oxygens (including phenoxy) is 5. The van der Waals surface area contributed by atoms with Crippen LogP contribution in [0.25, 0.3) is 21.8 Å². The molecule has 9 rings (SSSR count). The van der Waals surface area contributed by atoms with E-state index in [0.717, 1.165) is 11.6 Å². The van der Waals surface area contributed by atoms with Crippen molar-refractivity contribution < 1.29 is 39.0 Å². The first kappa shape index (κ1) is 48.7. The summed E-state index contributed by atoms with van der Waals surface area (Å²) in [6.45, 7) is 11.1. The van der Waals surface area contributed by atoms with Crippen LogP contribution >= 0.6 is 23.2 Å². The van der Waals surface area contributed by atoms with Crippen molar-refractivity contribution in [2.75, 3.05) is 33.5 Å². The molecule has 7 heterocycles. The molecule has 1 aliphatic heterocycles. The van der Waals surface area contributed by atoms with E-state index in [-0.39, 0.29) is 59.0 Å². The first-order valence-corrected chi connectivity index (χ1v) is 23.4. The molecule has 20 heteroatoms. The van der Waals surface area contributed by atoms with Crippen molar-refractivity contribution in [3.63, 3.8) is 0 Å². The molecule has 3 N–H and O–H groups in total. The normalized spacial score (nSPS) is 15.5. The summed E-state index contributed by atoms with van der Waals surface area (Å²) in [6.07, 6.45) is 6.17. The number of aliphatic hydroxyl groups is 3. The van der Waals surface area contributed by atoms with Crippen molar-refractivity contribution in [2.45, 2.75) is 64.4 Å². The van der Waals surface area contributed by atoms with E-state index in [0.29, 0.717) is 74.0 Å². The molecule has 0 spiro atoms. The lowest BCUT2D eigenvalue weighted by Gasteiger charge is -2.36. The fourth-order valence-corrected chi connectivity index (χ4v) is 9.40. The molecular formula is C50H56Cl2N10O8. The topological polar surface area (TPSA) is 204 Å². The Morgan fingerprint density at radius 1 is 0.614 bits per heavy atom. The first-order valence-electron chi connectivity index (χ1n) is 22.6. The average Bonchev–Trinajstić information content (AvgIpc) is 4.07. The second-order valence-electron chi connectivity index (χ2n) is 18.6. The molecule has 1 fully saturated rings. The monoisotopic (exact) mass is 994 g/mol. The van der Waals surface area contributed by atoms with Gasteiger partial charge in [0.1, 0.15) is 36.5 Å². The van der Waals surface area contributed by atoms with Gasteiger partial charge >= 0.3 is 0 Å². The molecule has 70 heavy (non-hydrogen) atoms. The van der Waals surface area contributed by atoms with E-state index in [9.17, 15) is 15.3 Å². The molecule has 0 radical (unpaired) electrons. The predicted molar refractivity (Wildman–Crippen MR) is 262 cm³/mol. The van der Waals surface area contributed by atoms with Gasteiger partial charge in [-0.05, 0) is 76.9 Å². The summed E-state index contributed by atoms with van der Waals surface area (Å²) in [5, 5.41) is 37.7. The van der Waals surface area contributed by atoms with Gasteiger partial charge in [-0.1, -0.05) is 35.3 Å². The zero-order chi connectivity index (χ0) is 50.2. The third kappa shape index (κ3) is 8.19. The Labute approximate surface area is 414 Å². The molecule has 2 aromatic carbocycles. The van der Waals surface area contributed by atoms with Gasteiger partial charge in [-0.15, -0.1) is 0 Å². The minimum absolute atomic E-state index is 0.0447. The lowest BCUT2D eigenvalue weighted by Crippen LogP contribution is -2.47. The van der Waals surface area contributed by atoms with Gasteiger partial charge < -0.3 is 57.3 Å². The van der Waals surface area contributed by atoms with E-state index in [2.05, 4.69) is 19.9 Å². The highest BCUT2D eigenvalue weighted by atomic mass is 35.5. The predicted octanol–water partition coefficient (Wildman–Crippen LogP) is 6.46. The summed E-state index contributed by atoms with van der Waals surface area (Å²) in [4.78, 5) is 27.5. The van der Waals surface area contributed by atoms with Gasteiger partial charge in [0.2, 0.25) is 11.5 Å². The van der Waals surface area contributed by atoms with Crippen molar-refractivity contribution in [3.05, 3.63) is 128 Å². The van der Waals surface area contributed by atoms with Crippen molar-refractivity contribution in [1.82, 2.24) is 48.2 Å². The minimum Gasteiger partial charge on any atom is -0.486 e. The van der Waals surface area contributed by atoms with Gasteiger partial charge in [-0.3, -0.25) is 0 Å². The largest absolute Gasteiger partial charge is 0.486 e. The van der Waals surface area contributed by atoms with Gasteiger partial charge in [0, 0.05) is 44.9 Å². The summed E-state index contributed by atoms with van der Waals surface area (Å²) in [7, 11) is 8.89. The highest BCUT2D eigenvalue weighted by Gasteiger charge is 2.42. The minimum atomic E-state index is -1.70. The van der Waals surface area contributed by atoms with Crippen LogP contribution in [0.3, 0.4) is 0 Å². The molecule has 2 unspecified atom stereocenters. The molecule has 18 nitrogen and oxygen atoms in total. The van der Waals surface area contributed by atoms with Gasteiger partial charge in [-0.2, -0.15) is 0 Å². The lowest BCUT2D eigenvalue weighted by molar-refractivity contribution is -0.142. The average molecular weight is 996 g/mol. The Kier molecular flexibility index (Phi) is 12.6. The van der Waals surface area contributed by atoms with Crippen LogP contribution in [0.15, 0.2) is 61.2 Å². The molecule has 1 aliphatic rings. The number of hydrogen-bond acceptors (Lipinski definition) is 14. The van der Waals surface area contributed by atoms with Crippen LogP contribution in [0.2, 0.25) is 10.0 Å². The van der Waals surface area contributed by atoms with E-state index < -0.39 is 22.9 Å². The molecule has 6 aromatic heterocycles. The highest BCUT2D eigenvalue weighted by molar-refractivity contribution is 6.37. The quantitative estimate of drug-likeness (QED) is 0.0952. The molecule has 0 amide bonds. The van der Waals surface area contributed by atoms with Crippen LogP contribution in [0.1, 0.15) is 71.0 Å². The smallest absolute Gasteiger partial charge is 0.259 e. The maximum absolute atomic E-state index is 12.8. The number of methoxy groups -OCH3 is 1. The summed E-state index contributed by atoms with van der Waals surface area (Å²) in [5.74, 6) is 3.33. The Bertz CT molecular complexity index is 3210. The second kappa shape index (κ2) is 18.2. The van der Waals surface area contributed by atoms with Gasteiger partial charge in [-0.25, -0.2) is 29.9 Å². The molecular weight excluding hydrogens is 940 g/mol. The summed E-state index contributed by atoms with van der Waals surface area (Å²) in [6, 6.07) is 10.7. The molecule has 0 saturated carbocycles. The number of halogens is 2. The Morgan fingerprint density at radius 3 is 1.39 bits per heavy atom. The van der Waals surface area contributed by atoms with E-state index in [4.69, 9.17) is 56.9 Å². The van der Waals surface area contributed by atoms with Crippen molar-refractivity contribution >= 4 is 45.0 Å². The Hall–Kier alpha value is -6.28. The van der Waals surface area contributed by atoms with E-state index >= 15 is 0 Å². The van der Waals surface area contributed by atoms with Crippen LogP contribution < -0.4 is 18.9 Å². The molecule has 368 valence electrons. The third-order valence-electron chi connectivity index (χ3n) is 13.5. The number of rotatable bonds is 16. The zero-order valence-corrected chi connectivity index (χ0v) is 42.4. The summed E-state index contributed by atoms with van der Waals surface area (Å²) < 4.78 is 38.0. The summed E-state index contributed by atoms with van der Waals surface area (Å²) in [5.41, 5.74) is -0.454. The Morgan fingerprint density at radius 2 is 1.03 bits per heavy atom. The van der Waals surface area contributed by atoms with Gasteiger partial charge in [0.25, 0.3) is 11.8 Å². The number of aryl methyl sites for hydroxylation is 4. The zero-order valence-electron chi connectivity index (χ0n) is 40.9. The number of imidazole rings is 4. The fourth-order valence-electron chi connectivity index (χ4n) is 8.82. The van der Waals surface area contributed by atoms with Crippen molar-refractivity contribution in [1.29, 1.82) is 0 Å². The number of fused-ring (bicyclic) bond motifs is 2. The van der Waals surface area contributed by atoms with Crippen LogP contribution in [0.5, 0.6) is 23.3 Å². The molecule has 2 atom stereocenters. The molecule has 0 bridgehead atoms. The van der Waals surface area contributed by atoms with Crippen LogP contribution in [0.4, 0.5) is 0 Å². The summed E-state index contributed by atoms with van der Waals surface area (Å²) >= 11 is 14.4. The standard InChI is InChI=1S/C50H56Cl2N10O8/c1-26-53-18-38(59(26)7)49(64,39-19-54-27(2)60(39)8)31-12-14-35-33(16-31)42(51)44(46(57-35)66-11)68-23-30-22-67-37(30)24-69-47-45(70-25-48(5,6)63)43(52)34-17-32(13-15-36(34)58-47)50(65,40-20-55-28(3)61(40)9)41-21-56-29(4)62(41)10/h12-21,30,37,63-65H,22-25H2,1-11H3. The van der Waals surface area contributed by atoms with Crippen LogP contribution in [0, 0.1) is 33.6 Å². The van der Waals surface area contributed by atoms with Gasteiger partial charge in [0.15, 0.2) is 11.2 Å². The van der Waals surface area contributed by atoms with E-state index in [1.165, 1.54) is 7.11 Å². The number of pyridine rings is 2. The number of aromatic nitrogens is 10.